The molecule has 3 aromatic rings. The summed E-state index contributed by atoms with van der Waals surface area (Å²) in [6.07, 6.45) is 1.74. The van der Waals surface area contributed by atoms with Crippen LogP contribution in [0.4, 0.5) is 0 Å². The second-order valence-electron chi connectivity index (χ2n) is 8.34. The SMILES string of the molecule is CCOC(=O)C1=C(C)N=c2s/c(=C\c3cc(Br)c(OC)cc3OC)c(=O)n2[C@@H]1c1cccc(OC)c1OCC. The fourth-order valence-corrected chi connectivity index (χ4v) is 5.99. The number of para-hydroxylation sites is 1. The maximum atomic E-state index is 14.0. The average molecular weight is 618 g/mol. The lowest BCUT2D eigenvalue weighted by atomic mass is 9.94. The predicted octanol–water partition coefficient (Wildman–Crippen LogP) is 3.99. The molecule has 4 rings (SSSR count). The number of benzene rings is 2. The minimum Gasteiger partial charge on any atom is -0.496 e. The van der Waals surface area contributed by atoms with Crippen molar-refractivity contribution in [1.29, 1.82) is 0 Å². The molecule has 0 radical (unpaired) electrons. The molecule has 1 aromatic heterocycles. The summed E-state index contributed by atoms with van der Waals surface area (Å²) in [5, 5.41) is 0. The smallest absolute Gasteiger partial charge is 0.338 e. The van der Waals surface area contributed by atoms with Crippen molar-refractivity contribution in [1.82, 2.24) is 4.57 Å². The molecule has 0 aliphatic carbocycles. The summed E-state index contributed by atoms with van der Waals surface area (Å²) in [6, 6.07) is 8.10. The minimum atomic E-state index is -0.844. The molecule has 1 aliphatic rings. The zero-order valence-corrected chi connectivity index (χ0v) is 24.9. The van der Waals surface area contributed by atoms with Gasteiger partial charge in [0.2, 0.25) is 0 Å². The second kappa shape index (κ2) is 12.1. The zero-order chi connectivity index (χ0) is 28.3. The monoisotopic (exact) mass is 616 g/mol. The third-order valence-electron chi connectivity index (χ3n) is 6.12. The Morgan fingerprint density at radius 3 is 2.44 bits per heavy atom. The van der Waals surface area contributed by atoms with Gasteiger partial charge in [-0.3, -0.25) is 9.36 Å². The Kier molecular flexibility index (Phi) is 8.81. The normalized spacial score (nSPS) is 14.9. The van der Waals surface area contributed by atoms with Crippen molar-refractivity contribution in [2.24, 2.45) is 4.99 Å². The molecular formula is C28H29BrN2O7S. The Morgan fingerprint density at radius 2 is 1.79 bits per heavy atom. The minimum absolute atomic E-state index is 0.176. The number of halogens is 1. The van der Waals surface area contributed by atoms with E-state index in [2.05, 4.69) is 20.9 Å². The number of methoxy groups -OCH3 is 3. The molecule has 0 amide bonds. The van der Waals surface area contributed by atoms with Crippen molar-refractivity contribution in [3.8, 4) is 23.0 Å². The van der Waals surface area contributed by atoms with Gasteiger partial charge >= 0.3 is 5.97 Å². The number of esters is 1. The number of hydrogen-bond acceptors (Lipinski definition) is 9. The van der Waals surface area contributed by atoms with E-state index in [-0.39, 0.29) is 17.7 Å². The van der Waals surface area contributed by atoms with Crippen molar-refractivity contribution < 1.29 is 28.5 Å². The summed E-state index contributed by atoms with van der Waals surface area (Å²) in [4.78, 5) is 32.4. The lowest BCUT2D eigenvalue weighted by Gasteiger charge is -2.26. The Morgan fingerprint density at radius 1 is 1.08 bits per heavy atom. The molecule has 0 saturated carbocycles. The number of carbonyl (C=O) groups is 1. The van der Waals surface area contributed by atoms with E-state index in [1.54, 1.807) is 59.5 Å². The number of ether oxygens (including phenoxy) is 5. The van der Waals surface area contributed by atoms with Gasteiger partial charge in [-0.1, -0.05) is 23.5 Å². The number of nitrogens with zero attached hydrogens (tertiary/aromatic N) is 2. The van der Waals surface area contributed by atoms with E-state index in [4.69, 9.17) is 23.7 Å². The molecule has 2 heterocycles. The summed E-state index contributed by atoms with van der Waals surface area (Å²) in [6.45, 7) is 5.86. The van der Waals surface area contributed by atoms with E-state index in [1.165, 1.54) is 15.9 Å². The first kappa shape index (κ1) is 28.4. The van der Waals surface area contributed by atoms with Crippen molar-refractivity contribution in [2.45, 2.75) is 26.8 Å². The van der Waals surface area contributed by atoms with E-state index in [0.717, 1.165) is 0 Å². The molecule has 0 N–H and O–H groups in total. The van der Waals surface area contributed by atoms with Gasteiger partial charge in [-0.15, -0.1) is 0 Å². The maximum absolute atomic E-state index is 14.0. The lowest BCUT2D eigenvalue weighted by molar-refractivity contribution is -0.139. The Bertz CT molecular complexity index is 1620. The molecule has 0 unspecified atom stereocenters. The fourth-order valence-electron chi connectivity index (χ4n) is 4.43. The molecule has 0 saturated heterocycles. The summed E-state index contributed by atoms with van der Waals surface area (Å²) in [5.41, 5.74) is 1.66. The van der Waals surface area contributed by atoms with Gasteiger partial charge in [0.05, 0.1) is 54.8 Å². The number of rotatable bonds is 9. The van der Waals surface area contributed by atoms with E-state index < -0.39 is 12.0 Å². The predicted molar refractivity (Wildman–Crippen MR) is 152 cm³/mol. The summed E-state index contributed by atoms with van der Waals surface area (Å²) in [5.74, 6) is 1.51. The van der Waals surface area contributed by atoms with Gasteiger partial charge in [0, 0.05) is 17.2 Å². The first-order chi connectivity index (χ1) is 18.8. The van der Waals surface area contributed by atoms with Gasteiger partial charge in [-0.05, 0) is 54.9 Å². The number of hydrogen-bond donors (Lipinski definition) is 0. The second-order valence-corrected chi connectivity index (χ2v) is 10.2. The molecule has 39 heavy (non-hydrogen) atoms. The van der Waals surface area contributed by atoms with Crippen LogP contribution < -0.4 is 33.8 Å². The number of fused-ring (bicyclic) bond motifs is 1. The van der Waals surface area contributed by atoms with E-state index in [9.17, 15) is 9.59 Å². The van der Waals surface area contributed by atoms with Gasteiger partial charge in [-0.2, -0.15) is 0 Å². The van der Waals surface area contributed by atoms with Crippen LogP contribution in [0.2, 0.25) is 0 Å². The topological polar surface area (TPSA) is 97.6 Å². The largest absolute Gasteiger partial charge is 0.496 e. The quantitative estimate of drug-likeness (QED) is 0.335. The Hall–Kier alpha value is -3.57. The zero-order valence-electron chi connectivity index (χ0n) is 22.5. The summed E-state index contributed by atoms with van der Waals surface area (Å²) < 4.78 is 30.5. The van der Waals surface area contributed by atoms with Gasteiger partial charge < -0.3 is 23.7 Å². The van der Waals surface area contributed by atoms with Crippen molar-refractivity contribution in [2.75, 3.05) is 34.5 Å². The molecule has 0 fully saturated rings. The Labute approximate surface area is 238 Å². The first-order valence-electron chi connectivity index (χ1n) is 12.2. The van der Waals surface area contributed by atoms with Crippen molar-refractivity contribution in [3.05, 3.63) is 76.9 Å². The molecule has 0 spiro atoms. The highest BCUT2D eigenvalue weighted by Gasteiger charge is 2.36. The van der Waals surface area contributed by atoms with Crippen molar-refractivity contribution >= 4 is 39.3 Å². The molecule has 1 atom stereocenters. The lowest BCUT2D eigenvalue weighted by Crippen LogP contribution is -2.40. The number of aromatic nitrogens is 1. The highest BCUT2D eigenvalue weighted by atomic mass is 79.9. The van der Waals surface area contributed by atoms with Crippen LogP contribution in [0.3, 0.4) is 0 Å². The molecule has 11 heteroatoms. The van der Waals surface area contributed by atoms with Crippen LogP contribution in [-0.2, 0) is 9.53 Å². The third-order valence-corrected chi connectivity index (χ3v) is 7.72. The molecule has 9 nitrogen and oxygen atoms in total. The third kappa shape index (κ3) is 5.33. The van der Waals surface area contributed by atoms with Crippen LogP contribution >= 0.6 is 27.3 Å². The Balaban J connectivity index is 2.03. The summed E-state index contributed by atoms with van der Waals surface area (Å²) in [7, 11) is 4.66. The standard InChI is InChI=1S/C28H29BrN2O7S/c1-7-37-25-17(10-9-11-19(25)34-4)24-23(27(33)38-8-2)15(3)30-28-31(24)26(32)22(39-28)13-16-12-18(29)21(36-6)14-20(16)35-5/h9-14,24H,7-8H2,1-6H3/b22-13-/t24-/m1/s1. The number of carbonyl (C=O) groups excluding carboxylic acids is 1. The first-order valence-corrected chi connectivity index (χ1v) is 13.8. The number of thiazole rings is 1. The molecule has 206 valence electrons. The van der Waals surface area contributed by atoms with Crippen LogP contribution in [0, 0.1) is 0 Å². The number of allylic oxidation sites excluding steroid dienone is 1. The van der Waals surface area contributed by atoms with E-state index in [0.29, 0.717) is 60.2 Å². The van der Waals surface area contributed by atoms with E-state index >= 15 is 0 Å². The van der Waals surface area contributed by atoms with Crippen LogP contribution in [-0.4, -0.2) is 45.1 Å². The van der Waals surface area contributed by atoms with Crippen LogP contribution in [0.25, 0.3) is 6.08 Å². The molecule has 2 aromatic carbocycles. The molecule has 0 bridgehead atoms. The van der Waals surface area contributed by atoms with Gasteiger partial charge in [0.1, 0.15) is 17.5 Å². The maximum Gasteiger partial charge on any atom is 0.338 e. The van der Waals surface area contributed by atoms with E-state index in [1.807, 2.05) is 19.1 Å². The van der Waals surface area contributed by atoms with Gasteiger partial charge in [-0.25, -0.2) is 9.79 Å². The summed E-state index contributed by atoms with van der Waals surface area (Å²) >= 11 is 4.72. The van der Waals surface area contributed by atoms with Gasteiger partial charge in [0.15, 0.2) is 16.3 Å². The molecular weight excluding hydrogens is 588 g/mol. The van der Waals surface area contributed by atoms with Crippen LogP contribution in [0.5, 0.6) is 23.0 Å². The van der Waals surface area contributed by atoms with Crippen LogP contribution in [0.1, 0.15) is 37.9 Å². The average Bonchev–Trinajstić information content (AvgIpc) is 3.22. The molecule has 1 aliphatic heterocycles. The van der Waals surface area contributed by atoms with Crippen molar-refractivity contribution in [3.63, 3.8) is 0 Å². The van der Waals surface area contributed by atoms with Crippen LogP contribution in [0.15, 0.2) is 55.9 Å². The highest BCUT2D eigenvalue weighted by Crippen LogP contribution is 2.41. The fraction of sp³-hybridized carbons (Fsp3) is 0.321. The van der Waals surface area contributed by atoms with Gasteiger partial charge in [0.25, 0.3) is 5.56 Å². The highest BCUT2D eigenvalue weighted by molar-refractivity contribution is 9.10.